The topological polar surface area (TPSA) is 23.8 Å². The molecule has 1 unspecified atom stereocenters. The standard InChI is InChI=1S/C13H19N.C2H6/c1-11-4-6-12(7-5-11)10-13(2,3)8-9-14;1-2/h4,6-7,11H,5,8,10H2,1-3H3;1-2H3. The molecule has 0 fully saturated rings. The summed E-state index contributed by atoms with van der Waals surface area (Å²) in [6, 6.07) is 2.26. The third kappa shape index (κ3) is 5.75. The summed E-state index contributed by atoms with van der Waals surface area (Å²) in [6.07, 6.45) is 9.58. The van der Waals surface area contributed by atoms with Crippen molar-refractivity contribution in [1.29, 1.82) is 5.26 Å². The van der Waals surface area contributed by atoms with E-state index in [-0.39, 0.29) is 5.41 Å². The highest BCUT2D eigenvalue weighted by molar-refractivity contribution is 5.24. The molecule has 1 nitrogen and oxygen atoms in total. The first-order valence-electron chi connectivity index (χ1n) is 6.28. The average Bonchev–Trinajstić information content (AvgIpc) is 2.24. The van der Waals surface area contributed by atoms with Gasteiger partial charge < -0.3 is 0 Å². The Kier molecular flexibility index (Phi) is 6.81. The molecule has 0 saturated heterocycles. The van der Waals surface area contributed by atoms with Crippen LogP contribution < -0.4 is 0 Å². The van der Waals surface area contributed by atoms with E-state index in [2.05, 4.69) is 45.1 Å². The Bertz CT molecular complexity index is 289. The van der Waals surface area contributed by atoms with Gasteiger partial charge in [-0.15, -0.1) is 0 Å². The molecule has 1 aliphatic rings. The van der Waals surface area contributed by atoms with Crippen molar-refractivity contribution in [3.05, 3.63) is 23.8 Å². The first-order valence-corrected chi connectivity index (χ1v) is 6.28. The lowest BCUT2D eigenvalue weighted by Gasteiger charge is -2.23. The van der Waals surface area contributed by atoms with Crippen LogP contribution in [0.15, 0.2) is 23.8 Å². The van der Waals surface area contributed by atoms with Crippen LogP contribution in [0.2, 0.25) is 0 Å². The molecular weight excluding hydrogens is 194 g/mol. The zero-order chi connectivity index (χ0) is 12.6. The summed E-state index contributed by atoms with van der Waals surface area (Å²) >= 11 is 0. The van der Waals surface area contributed by atoms with E-state index in [0.717, 1.165) is 12.8 Å². The summed E-state index contributed by atoms with van der Waals surface area (Å²) in [7, 11) is 0. The maximum absolute atomic E-state index is 8.69. The fourth-order valence-electron chi connectivity index (χ4n) is 1.73. The Morgan fingerprint density at radius 3 is 2.50 bits per heavy atom. The van der Waals surface area contributed by atoms with Crippen LogP contribution in [0.1, 0.15) is 53.9 Å². The molecular formula is C15H25N. The lowest BCUT2D eigenvalue weighted by molar-refractivity contribution is 0.374. The van der Waals surface area contributed by atoms with E-state index in [9.17, 15) is 0 Å². The molecule has 0 aromatic carbocycles. The zero-order valence-electron chi connectivity index (χ0n) is 11.4. The second-order valence-corrected chi connectivity index (χ2v) is 5.03. The van der Waals surface area contributed by atoms with Crippen molar-refractivity contribution >= 4 is 0 Å². The van der Waals surface area contributed by atoms with E-state index < -0.39 is 0 Å². The van der Waals surface area contributed by atoms with Crippen LogP contribution in [0.25, 0.3) is 0 Å². The summed E-state index contributed by atoms with van der Waals surface area (Å²) in [4.78, 5) is 0. The normalized spacial score (nSPS) is 19.2. The van der Waals surface area contributed by atoms with E-state index in [1.54, 1.807) is 0 Å². The second kappa shape index (κ2) is 7.28. The number of hydrogen-bond acceptors (Lipinski definition) is 1. The van der Waals surface area contributed by atoms with Crippen molar-refractivity contribution in [2.45, 2.75) is 53.9 Å². The summed E-state index contributed by atoms with van der Waals surface area (Å²) in [5.41, 5.74) is 1.51. The zero-order valence-corrected chi connectivity index (χ0v) is 11.4. The predicted molar refractivity (Wildman–Crippen MR) is 71.0 cm³/mol. The van der Waals surface area contributed by atoms with Gasteiger partial charge in [-0.05, 0) is 24.2 Å². The van der Waals surface area contributed by atoms with Gasteiger partial charge in [0.25, 0.3) is 0 Å². The third-order valence-corrected chi connectivity index (χ3v) is 2.63. The van der Waals surface area contributed by atoms with Crippen molar-refractivity contribution in [1.82, 2.24) is 0 Å². The molecule has 0 radical (unpaired) electrons. The highest BCUT2D eigenvalue weighted by Crippen LogP contribution is 2.31. The fourth-order valence-corrected chi connectivity index (χ4v) is 1.73. The van der Waals surface area contributed by atoms with Gasteiger partial charge in [0.15, 0.2) is 0 Å². The minimum atomic E-state index is 0.117. The second-order valence-electron chi connectivity index (χ2n) is 5.03. The smallest absolute Gasteiger partial charge is 0.0627 e. The monoisotopic (exact) mass is 219 g/mol. The molecule has 0 spiro atoms. The molecule has 0 aromatic rings. The van der Waals surface area contributed by atoms with Crippen LogP contribution in [0.4, 0.5) is 0 Å². The molecule has 16 heavy (non-hydrogen) atoms. The maximum Gasteiger partial charge on any atom is 0.0627 e. The number of rotatable bonds is 3. The van der Waals surface area contributed by atoms with E-state index in [4.69, 9.17) is 5.26 Å². The molecule has 0 amide bonds. The van der Waals surface area contributed by atoms with Crippen LogP contribution in [-0.4, -0.2) is 0 Å². The highest BCUT2D eigenvalue weighted by Gasteiger charge is 2.19. The van der Waals surface area contributed by atoms with Crippen molar-refractivity contribution < 1.29 is 0 Å². The minimum absolute atomic E-state index is 0.117. The lowest BCUT2D eigenvalue weighted by atomic mass is 9.81. The Morgan fingerprint density at radius 2 is 2.06 bits per heavy atom. The third-order valence-electron chi connectivity index (χ3n) is 2.63. The summed E-state index contributed by atoms with van der Waals surface area (Å²) in [6.45, 7) is 10.5. The minimum Gasteiger partial charge on any atom is -0.198 e. The van der Waals surface area contributed by atoms with E-state index in [1.165, 1.54) is 5.57 Å². The van der Waals surface area contributed by atoms with E-state index >= 15 is 0 Å². The van der Waals surface area contributed by atoms with Crippen molar-refractivity contribution in [3.63, 3.8) is 0 Å². The van der Waals surface area contributed by atoms with Crippen LogP contribution in [-0.2, 0) is 0 Å². The van der Waals surface area contributed by atoms with Gasteiger partial charge in [0.05, 0.1) is 6.07 Å². The highest BCUT2D eigenvalue weighted by atomic mass is 14.3. The van der Waals surface area contributed by atoms with Gasteiger partial charge in [0.1, 0.15) is 0 Å². The van der Waals surface area contributed by atoms with Gasteiger partial charge in [-0.2, -0.15) is 5.26 Å². The summed E-state index contributed by atoms with van der Waals surface area (Å²) in [5, 5.41) is 8.69. The maximum atomic E-state index is 8.69. The molecule has 0 aliphatic heterocycles. The van der Waals surface area contributed by atoms with Crippen molar-refractivity contribution in [2.24, 2.45) is 11.3 Å². The molecule has 90 valence electrons. The van der Waals surface area contributed by atoms with Crippen LogP contribution in [0, 0.1) is 22.7 Å². The van der Waals surface area contributed by atoms with Gasteiger partial charge in [-0.25, -0.2) is 0 Å². The molecule has 0 saturated carbocycles. The van der Waals surface area contributed by atoms with Crippen LogP contribution >= 0.6 is 0 Å². The number of hydrogen-bond donors (Lipinski definition) is 0. The summed E-state index contributed by atoms with van der Waals surface area (Å²) in [5.74, 6) is 0.679. The van der Waals surface area contributed by atoms with Gasteiger partial charge >= 0.3 is 0 Å². The fraction of sp³-hybridized carbons (Fsp3) is 0.667. The van der Waals surface area contributed by atoms with Crippen molar-refractivity contribution in [3.8, 4) is 6.07 Å². The number of allylic oxidation sites excluding steroid dienone is 4. The molecule has 0 heterocycles. The molecule has 0 N–H and O–H groups in total. The molecule has 0 bridgehead atoms. The molecule has 0 aromatic heterocycles. The van der Waals surface area contributed by atoms with Crippen molar-refractivity contribution in [2.75, 3.05) is 0 Å². The Morgan fingerprint density at radius 1 is 1.44 bits per heavy atom. The van der Waals surface area contributed by atoms with Crippen LogP contribution in [0.3, 0.4) is 0 Å². The molecule has 1 aliphatic carbocycles. The van der Waals surface area contributed by atoms with Gasteiger partial charge in [0, 0.05) is 6.42 Å². The SMILES string of the molecule is CC.CC1C=CC(CC(C)(C)CC#N)=CC1. The summed E-state index contributed by atoms with van der Waals surface area (Å²) < 4.78 is 0. The Balaban J connectivity index is 0.00000106. The van der Waals surface area contributed by atoms with Gasteiger partial charge in [0.2, 0.25) is 0 Å². The van der Waals surface area contributed by atoms with E-state index in [1.807, 2.05) is 13.8 Å². The molecule has 1 atom stereocenters. The van der Waals surface area contributed by atoms with E-state index in [0.29, 0.717) is 12.3 Å². The largest absolute Gasteiger partial charge is 0.198 e. The Hall–Kier alpha value is -1.03. The first kappa shape index (κ1) is 15.0. The number of nitrogens with zero attached hydrogens (tertiary/aromatic N) is 1. The lowest BCUT2D eigenvalue weighted by Crippen LogP contribution is -2.11. The Labute approximate surface area is 101 Å². The molecule has 1 heteroatoms. The average molecular weight is 219 g/mol. The predicted octanol–water partition coefficient (Wildman–Crippen LogP) is 4.86. The van der Waals surface area contributed by atoms with Gasteiger partial charge in [-0.3, -0.25) is 0 Å². The first-order chi connectivity index (χ1) is 7.53. The van der Waals surface area contributed by atoms with Crippen LogP contribution in [0.5, 0.6) is 0 Å². The quantitative estimate of drug-likeness (QED) is 0.664. The van der Waals surface area contributed by atoms with Gasteiger partial charge in [-0.1, -0.05) is 58.4 Å². The number of nitriles is 1. The molecule has 1 rings (SSSR count).